The number of nitrogens with zero attached hydrogens (tertiary/aromatic N) is 4. The molecule has 0 fully saturated rings. The van der Waals surface area contributed by atoms with E-state index in [4.69, 9.17) is 4.74 Å². The van der Waals surface area contributed by atoms with Crippen molar-refractivity contribution in [1.29, 1.82) is 0 Å². The Morgan fingerprint density at radius 3 is 2.76 bits per heavy atom. The molecule has 1 aliphatic rings. The Balaban J connectivity index is 1.59. The lowest BCUT2D eigenvalue weighted by Crippen LogP contribution is -2.17. The standard InChI is InChI=1S/C19H19F3N6O/c1-10(12-6-11(20)7-13(21)16(12)22)24-15-4-5-28-17(26-15)14(8-23-28)25-18-27-19(2,3)9-29-18/h4-8,10H,9H2,1-3H3,(H,24,26)(H,25,27)/t10-/m1/s1. The number of anilines is 2. The van der Waals surface area contributed by atoms with Crippen LogP contribution in [0.3, 0.4) is 0 Å². The van der Waals surface area contributed by atoms with Crippen LogP contribution in [0.1, 0.15) is 32.4 Å². The molecule has 3 heterocycles. The van der Waals surface area contributed by atoms with Crippen molar-refractivity contribution in [2.24, 2.45) is 4.99 Å². The minimum absolute atomic E-state index is 0.132. The Kier molecular flexibility index (Phi) is 4.56. The maximum Gasteiger partial charge on any atom is 0.290 e. The Morgan fingerprint density at radius 1 is 1.24 bits per heavy atom. The highest BCUT2D eigenvalue weighted by molar-refractivity contribution is 5.93. The van der Waals surface area contributed by atoms with Gasteiger partial charge in [0.25, 0.3) is 6.02 Å². The van der Waals surface area contributed by atoms with Crippen LogP contribution in [0.2, 0.25) is 0 Å². The molecule has 1 aromatic carbocycles. The second-order valence-electron chi connectivity index (χ2n) is 7.44. The predicted octanol–water partition coefficient (Wildman–Crippen LogP) is 3.90. The highest BCUT2D eigenvalue weighted by Gasteiger charge is 2.27. The summed E-state index contributed by atoms with van der Waals surface area (Å²) in [6.07, 6.45) is 3.24. The van der Waals surface area contributed by atoms with Gasteiger partial charge in [-0.3, -0.25) is 0 Å². The Hall–Kier alpha value is -3.30. The molecule has 3 aromatic rings. The van der Waals surface area contributed by atoms with E-state index in [1.165, 1.54) is 0 Å². The molecule has 0 amide bonds. The van der Waals surface area contributed by atoms with Crippen LogP contribution in [0.4, 0.5) is 24.7 Å². The molecule has 2 N–H and O–H groups in total. The van der Waals surface area contributed by atoms with Crippen molar-refractivity contribution >= 4 is 23.2 Å². The van der Waals surface area contributed by atoms with Crippen molar-refractivity contribution in [3.05, 3.63) is 53.6 Å². The molecule has 10 heteroatoms. The van der Waals surface area contributed by atoms with Crippen molar-refractivity contribution in [1.82, 2.24) is 14.6 Å². The molecule has 1 aliphatic heterocycles. The van der Waals surface area contributed by atoms with Crippen molar-refractivity contribution in [2.45, 2.75) is 32.4 Å². The van der Waals surface area contributed by atoms with E-state index in [1.807, 2.05) is 13.8 Å². The van der Waals surface area contributed by atoms with Crippen LogP contribution >= 0.6 is 0 Å². The third kappa shape index (κ3) is 3.82. The summed E-state index contributed by atoms with van der Waals surface area (Å²) in [5.41, 5.74) is 0.599. The maximum absolute atomic E-state index is 14.0. The van der Waals surface area contributed by atoms with E-state index in [1.54, 1.807) is 29.9 Å². The number of aliphatic imine (C=N–C) groups is 1. The zero-order valence-corrected chi connectivity index (χ0v) is 16.0. The number of hydrogen-bond acceptors (Lipinski definition) is 6. The van der Waals surface area contributed by atoms with Crippen LogP contribution < -0.4 is 10.6 Å². The molecular formula is C19H19F3N6O. The van der Waals surface area contributed by atoms with Gasteiger partial charge in [-0.15, -0.1) is 0 Å². The number of halogens is 3. The van der Waals surface area contributed by atoms with Crippen LogP contribution in [0, 0.1) is 17.5 Å². The lowest BCUT2D eigenvalue weighted by Gasteiger charge is -2.16. The van der Waals surface area contributed by atoms with Gasteiger partial charge in [0.1, 0.15) is 23.9 Å². The lowest BCUT2D eigenvalue weighted by molar-refractivity contribution is 0.278. The molecule has 2 aromatic heterocycles. The van der Waals surface area contributed by atoms with E-state index < -0.39 is 23.5 Å². The predicted molar refractivity (Wildman–Crippen MR) is 102 cm³/mol. The first kappa shape index (κ1) is 19.0. The molecule has 1 atom stereocenters. The van der Waals surface area contributed by atoms with Crippen molar-refractivity contribution < 1.29 is 17.9 Å². The number of aromatic nitrogens is 3. The molecular weight excluding hydrogens is 385 g/mol. The van der Waals surface area contributed by atoms with Gasteiger partial charge in [0, 0.05) is 17.8 Å². The fourth-order valence-corrected chi connectivity index (χ4v) is 2.99. The topological polar surface area (TPSA) is 75.8 Å². The van der Waals surface area contributed by atoms with Crippen LogP contribution in [0.15, 0.2) is 35.6 Å². The Bertz CT molecular complexity index is 1110. The largest absolute Gasteiger partial charge is 0.462 e. The summed E-state index contributed by atoms with van der Waals surface area (Å²) in [4.78, 5) is 8.89. The summed E-state index contributed by atoms with van der Waals surface area (Å²) < 4.78 is 48.1. The van der Waals surface area contributed by atoms with Crippen LogP contribution in [0.25, 0.3) is 5.65 Å². The quantitative estimate of drug-likeness (QED) is 0.645. The fourth-order valence-electron chi connectivity index (χ4n) is 2.99. The summed E-state index contributed by atoms with van der Waals surface area (Å²) in [5, 5.41) is 10.2. The van der Waals surface area contributed by atoms with Gasteiger partial charge in [0.15, 0.2) is 17.3 Å². The average Bonchev–Trinajstić information content (AvgIpc) is 3.20. The minimum atomic E-state index is -1.24. The number of benzene rings is 1. The molecule has 4 rings (SSSR count). The molecule has 0 radical (unpaired) electrons. The molecule has 0 bridgehead atoms. The van der Waals surface area contributed by atoms with E-state index >= 15 is 0 Å². The lowest BCUT2D eigenvalue weighted by atomic mass is 10.1. The number of hydrogen-bond donors (Lipinski definition) is 2. The first-order chi connectivity index (χ1) is 13.7. The van der Waals surface area contributed by atoms with Gasteiger partial charge in [-0.1, -0.05) is 0 Å². The molecule has 29 heavy (non-hydrogen) atoms. The SMILES string of the molecule is C[C@@H](Nc1ccn2ncc(NC3=NC(C)(C)CO3)c2n1)c1cc(F)cc(F)c1F. The zero-order chi connectivity index (χ0) is 20.8. The number of nitrogens with one attached hydrogen (secondary N) is 2. The maximum atomic E-state index is 14.0. The van der Waals surface area contributed by atoms with E-state index in [2.05, 4.69) is 25.7 Å². The summed E-state index contributed by atoms with van der Waals surface area (Å²) in [6, 6.07) is 2.74. The van der Waals surface area contributed by atoms with Gasteiger partial charge in [-0.05, 0) is 32.9 Å². The highest BCUT2D eigenvalue weighted by Crippen LogP contribution is 2.25. The van der Waals surface area contributed by atoms with Crippen molar-refractivity contribution in [3.63, 3.8) is 0 Å². The summed E-state index contributed by atoms with van der Waals surface area (Å²) in [6.45, 7) is 5.95. The molecule has 0 saturated carbocycles. The monoisotopic (exact) mass is 404 g/mol. The highest BCUT2D eigenvalue weighted by atomic mass is 19.2. The third-order valence-electron chi connectivity index (χ3n) is 4.43. The molecule has 0 aliphatic carbocycles. The molecule has 0 saturated heterocycles. The van der Waals surface area contributed by atoms with Gasteiger partial charge in [0.05, 0.1) is 17.8 Å². The van der Waals surface area contributed by atoms with Gasteiger partial charge < -0.3 is 15.4 Å². The summed E-state index contributed by atoms with van der Waals surface area (Å²) >= 11 is 0. The minimum Gasteiger partial charge on any atom is -0.462 e. The zero-order valence-electron chi connectivity index (χ0n) is 16.0. The Labute approximate surface area is 164 Å². The molecule has 0 spiro atoms. The van der Waals surface area contributed by atoms with Gasteiger partial charge >= 0.3 is 0 Å². The van der Waals surface area contributed by atoms with Crippen LogP contribution in [-0.2, 0) is 4.74 Å². The van der Waals surface area contributed by atoms with E-state index in [9.17, 15) is 13.2 Å². The summed E-state index contributed by atoms with van der Waals surface area (Å²) in [7, 11) is 0. The normalized spacial score (nSPS) is 16.4. The first-order valence-corrected chi connectivity index (χ1v) is 8.97. The van der Waals surface area contributed by atoms with Crippen LogP contribution in [0.5, 0.6) is 0 Å². The summed E-state index contributed by atoms with van der Waals surface area (Å²) in [5.74, 6) is -2.80. The Morgan fingerprint density at radius 2 is 2.03 bits per heavy atom. The van der Waals surface area contributed by atoms with Crippen molar-refractivity contribution in [3.8, 4) is 0 Å². The van der Waals surface area contributed by atoms with E-state index in [-0.39, 0.29) is 11.1 Å². The van der Waals surface area contributed by atoms with Crippen molar-refractivity contribution in [2.75, 3.05) is 17.2 Å². The van der Waals surface area contributed by atoms with Gasteiger partial charge in [0.2, 0.25) is 0 Å². The second-order valence-corrected chi connectivity index (χ2v) is 7.44. The first-order valence-electron chi connectivity index (χ1n) is 8.97. The number of rotatable bonds is 4. The second kappa shape index (κ2) is 6.94. The number of ether oxygens (including phenoxy) is 1. The van der Waals surface area contributed by atoms with Gasteiger partial charge in [-0.25, -0.2) is 27.7 Å². The fraction of sp³-hybridized carbons (Fsp3) is 0.316. The third-order valence-corrected chi connectivity index (χ3v) is 4.43. The number of amidine groups is 1. The molecule has 0 unspecified atom stereocenters. The average molecular weight is 404 g/mol. The van der Waals surface area contributed by atoms with E-state index in [0.29, 0.717) is 35.8 Å². The van der Waals surface area contributed by atoms with Crippen LogP contribution in [-0.4, -0.2) is 32.8 Å². The smallest absolute Gasteiger partial charge is 0.290 e. The number of fused-ring (bicyclic) bond motifs is 1. The molecule has 7 nitrogen and oxygen atoms in total. The van der Waals surface area contributed by atoms with Gasteiger partial charge in [-0.2, -0.15) is 5.10 Å². The molecule has 152 valence electrons. The van der Waals surface area contributed by atoms with E-state index in [0.717, 1.165) is 6.07 Å².